The van der Waals surface area contributed by atoms with Gasteiger partial charge < -0.3 is 68.2 Å². The van der Waals surface area contributed by atoms with Gasteiger partial charge in [0.05, 0.1) is 18.2 Å². The molecule has 0 aliphatic rings. The number of H-pyrrole nitrogens is 5. The van der Waals surface area contributed by atoms with E-state index < -0.39 is 41.1 Å². The van der Waals surface area contributed by atoms with E-state index >= 15 is 0 Å². The normalized spacial score (nSPS) is 10.8. The molecule has 0 aliphatic heterocycles. The summed E-state index contributed by atoms with van der Waals surface area (Å²) in [5.74, 6) is -4.31. The van der Waals surface area contributed by atoms with Crippen molar-refractivity contribution in [1.29, 1.82) is 0 Å². The molecule has 10 aromatic carbocycles. The standard InChI is InChI=1S/C19H17FN2O3.C19H21FN2O.C17H14FNO3.C16H12FNO3.C15H12FNO/c1-22(2)19(24)18(23)14-10-21-16-9-17(15(20)8-13(14)16)25-11-12-6-4-3-5-7-12;1-22(2)9-8-15-12-21-18-11-19(17(20)10-16(15)18)23-13-14-6-4-3-5-7-14;1-21-17(20)15-8-12-7-13(18)16(9-14(12)19-15)22-10-11-5-3-2-4-6-11;17-12-6-11-7-14(16(19)20)18-13(11)8-15(12)21-9-10-4-2-1-3-5-10;16-13-8-12-6-7-17-14(12)9-15(13)18-10-11-4-2-1-3-5-11/h3-10,21H,11H2,1-2H3;3-7,10-12,21H,8-9,13H2,1-2H3;2-9,19H,10H2,1H3;1-8,18H,9H2,(H,19,20);1-9,17H,10H2. The lowest BCUT2D eigenvalue weighted by molar-refractivity contribution is -0.124. The summed E-state index contributed by atoms with van der Waals surface area (Å²) in [5, 5.41) is 12.1. The van der Waals surface area contributed by atoms with E-state index in [9.17, 15) is 41.1 Å². The first-order valence-corrected chi connectivity index (χ1v) is 34.3. The Morgan fingerprint density at radius 2 is 0.752 bits per heavy atom. The third kappa shape index (κ3) is 20.6. The molecule has 15 aromatic rings. The molecule has 1 amide bonds. The largest absolute Gasteiger partial charge is 0.486 e. The number of fused-ring (bicyclic) bond motifs is 5. The lowest BCUT2D eigenvalue weighted by atomic mass is 10.1. The molecule has 15 rings (SSSR count). The molecule has 0 aliphatic carbocycles. The summed E-state index contributed by atoms with van der Waals surface area (Å²) in [6.45, 7) is 2.40. The summed E-state index contributed by atoms with van der Waals surface area (Å²) in [4.78, 5) is 64.5. The zero-order valence-corrected chi connectivity index (χ0v) is 59.9. The second-order valence-electron chi connectivity index (χ2n) is 25.4. The summed E-state index contributed by atoms with van der Waals surface area (Å²) in [5.41, 5.74) is 9.84. The van der Waals surface area contributed by atoms with Gasteiger partial charge >= 0.3 is 11.9 Å². The van der Waals surface area contributed by atoms with Crippen LogP contribution in [0.4, 0.5) is 22.0 Å². The number of nitrogens with zero attached hydrogens (tertiary/aromatic N) is 2. The highest BCUT2D eigenvalue weighted by Gasteiger charge is 2.24. The first-order valence-electron chi connectivity index (χ1n) is 34.3. The van der Waals surface area contributed by atoms with Crippen molar-refractivity contribution >= 4 is 78.1 Å². The molecule has 556 valence electrons. The molecule has 6 N–H and O–H groups in total. The number of likely N-dealkylation sites (N-methyl/N-ethyl adjacent to an activating group) is 2. The Hall–Kier alpha value is -13.4. The van der Waals surface area contributed by atoms with Gasteiger partial charge in [-0.15, -0.1) is 0 Å². The molecule has 109 heavy (non-hydrogen) atoms. The number of hydrogen-bond donors (Lipinski definition) is 6. The Balaban J connectivity index is 0.000000136. The number of ether oxygens (including phenoxy) is 6. The lowest BCUT2D eigenvalue weighted by Gasteiger charge is -2.09. The molecular formula is C86H76F5N7O11. The number of carboxylic acids is 1. The summed E-state index contributed by atoms with van der Waals surface area (Å²) < 4.78 is 103. The van der Waals surface area contributed by atoms with E-state index in [-0.39, 0.29) is 77.2 Å². The van der Waals surface area contributed by atoms with E-state index in [1.165, 1.54) is 74.8 Å². The highest BCUT2D eigenvalue weighted by molar-refractivity contribution is 6.44. The van der Waals surface area contributed by atoms with Gasteiger partial charge in [0.15, 0.2) is 57.8 Å². The maximum atomic E-state index is 14.4. The first-order chi connectivity index (χ1) is 52.7. The number of nitrogens with one attached hydrogen (secondary N) is 5. The van der Waals surface area contributed by atoms with Crippen molar-refractivity contribution in [3.63, 3.8) is 0 Å². The summed E-state index contributed by atoms with van der Waals surface area (Å²) in [6, 6.07) is 67.4. The van der Waals surface area contributed by atoms with Crippen LogP contribution in [0.1, 0.15) is 64.7 Å². The monoisotopic (exact) mass is 1480 g/mol. The smallest absolute Gasteiger partial charge is 0.354 e. The van der Waals surface area contributed by atoms with Gasteiger partial charge in [-0.2, -0.15) is 0 Å². The van der Waals surface area contributed by atoms with Crippen LogP contribution >= 0.6 is 0 Å². The van der Waals surface area contributed by atoms with Crippen LogP contribution in [0.2, 0.25) is 0 Å². The fourth-order valence-corrected chi connectivity index (χ4v) is 11.2. The van der Waals surface area contributed by atoms with Crippen LogP contribution in [-0.2, 0) is 49.0 Å². The predicted octanol–water partition coefficient (Wildman–Crippen LogP) is 18.3. The van der Waals surface area contributed by atoms with Crippen LogP contribution in [0.15, 0.2) is 249 Å². The van der Waals surface area contributed by atoms with E-state index in [1.807, 2.05) is 178 Å². The number of amides is 1. The molecule has 0 fully saturated rings. The Bertz CT molecular complexity index is 5580. The Morgan fingerprint density at radius 1 is 0.394 bits per heavy atom. The maximum Gasteiger partial charge on any atom is 0.354 e. The number of hydrogen-bond acceptors (Lipinski definition) is 11. The molecule has 0 saturated heterocycles. The number of esters is 1. The first kappa shape index (κ1) is 76.7. The van der Waals surface area contributed by atoms with Crippen molar-refractivity contribution in [2.45, 2.75) is 39.5 Å². The highest BCUT2D eigenvalue weighted by Crippen LogP contribution is 2.32. The number of methoxy groups -OCH3 is 1. The number of carbonyl (C=O) groups is 4. The maximum absolute atomic E-state index is 14.4. The quantitative estimate of drug-likeness (QED) is 0.0161. The average Bonchev–Trinajstić information content (AvgIpc) is 1.64. The molecule has 0 atom stereocenters. The Labute approximate surface area is 623 Å². The van der Waals surface area contributed by atoms with Crippen molar-refractivity contribution in [2.24, 2.45) is 0 Å². The third-order valence-electron chi connectivity index (χ3n) is 17.0. The van der Waals surface area contributed by atoms with Gasteiger partial charge in [0.2, 0.25) is 0 Å². The van der Waals surface area contributed by atoms with Crippen molar-refractivity contribution in [2.75, 3.05) is 41.8 Å². The fraction of sp³-hybridized carbons (Fsp3) is 0.140. The average molecular weight is 1480 g/mol. The van der Waals surface area contributed by atoms with Gasteiger partial charge in [0.1, 0.15) is 44.4 Å². The van der Waals surface area contributed by atoms with Gasteiger partial charge in [-0.25, -0.2) is 31.5 Å². The number of ketones is 1. The number of aromatic carboxylic acids is 1. The van der Waals surface area contributed by atoms with Crippen LogP contribution in [-0.4, -0.2) is 105 Å². The second-order valence-corrected chi connectivity index (χ2v) is 25.4. The zero-order chi connectivity index (χ0) is 76.9. The molecule has 5 heterocycles. The second kappa shape index (κ2) is 36.5. The summed E-state index contributed by atoms with van der Waals surface area (Å²) in [7, 11) is 8.34. The molecule has 18 nitrogen and oxygen atoms in total. The summed E-state index contributed by atoms with van der Waals surface area (Å²) in [6.07, 6.45) is 6.03. The summed E-state index contributed by atoms with van der Waals surface area (Å²) >= 11 is 0. The molecule has 5 aromatic heterocycles. The molecular weight excluding hydrogens is 1400 g/mol. The van der Waals surface area contributed by atoms with Gasteiger partial charge in [-0.05, 0) is 102 Å². The Morgan fingerprint density at radius 3 is 1.16 bits per heavy atom. The van der Waals surface area contributed by atoms with Gasteiger partial charge in [0.25, 0.3) is 11.7 Å². The zero-order valence-electron chi connectivity index (χ0n) is 59.9. The molecule has 0 bridgehead atoms. The predicted molar refractivity (Wildman–Crippen MR) is 409 cm³/mol. The fourth-order valence-electron chi connectivity index (χ4n) is 11.2. The number of carboxylic acid groups (broad SMARTS) is 1. The third-order valence-corrected chi connectivity index (χ3v) is 17.0. The van der Waals surface area contributed by atoms with Crippen LogP contribution in [0.5, 0.6) is 28.7 Å². The number of rotatable bonds is 22. The van der Waals surface area contributed by atoms with E-state index in [1.54, 1.807) is 36.5 Å². The molecule has 0 radical (unpaired) electrons. The van der Waals surface area contributed by atoms with Gasteiger partial charge in [-0.1, -0.05) is 152 Å². The number of aromatic nitrogens is 5. The number of halogens is 5. The highest BCUT2D eigenvalue weighted by atomic mass is 19.1. The topological polar surface area (TPSA) is 229 Å². The van der Waals surface area contributed by atoms with Gasteiger partial charge in [-0.3, -0.25) is 9.59 Å². The van der Waals surface area contributed by atoms with Gasteiger partial charge in [0, 0.05) is 119 Å². The van der Waals surface area contributed by atoms with E-state index in [4.69, 9.17) is 28.8 Å². The Kier molecular flexibility index (Phi) is 25.7. The minimum atomic E-state index is -1.08. The number of benzene rings is 10. The van der Waals surface area contributed by atoms with Crippen LogP contribution < -0.4 is 23.7 Å². The molecule has 0 spiro atoms. The minimum Gasteiger partial charge on any atom is -0.486 e. The minimum absolute atomic E-state index is 0.0182. The van der Waals surface area contributed by atoms with Crippen molar-refractivity contribution in [1.82, 2.24) is 34.7 Å². The number of aromatic amines is 5. The number of Topliss-reactive ketones (excluding diaryl/α,β-unsaturated/α-hetero) is 1. The van der Waals surface area contributed by atoms with Crippen LogP contribution in [0, 0.1) is 29.1 Å². The van der Waals surface area contributed by atoms with Crippen molar-refractivity contribution in [3.8, 4) is 28.7 Å². The van der Waals surface area contributed by atoms with Crippen LogP contribution in [0.25, 0.3) is 54.5 Å². The molecule has 0 saturated carbocycles. The molecule has 23 heteroatoms. The van der Waals surface area contributed by atoms with Crippen molar-refractivity contribution < 1.29 is 74.7 Å². The van der Waals surface area contributed by atoms with Crippen LogP contribution in [0.3, 0.4) is 0 Å². The van der Waals surface area contributed by atoms with E-state index in [0.717, 1.165) is 68.2 Å². The van der Waals surface area contributed by atoms with E-state index in [2.05, 4.69) is 34.6 Å². The SMILES string of the molecule is CN(C)C(=O)C(=O)c1c[nH]c2cc(OCc3ccccc3)c(F)cc12.CN(C)CCc1c[nH]c2cc(OCc3ccccc3)c(F)cc12.COC(=O)c1cc2cc(F)c(OCc3ccccc3)cc2[nH]1.Fc1cc2cc[nH]c2cc1OCc1ccccc1.O=C(O)c1cc2cc(F)c(OCc3ccccc3)cc2[nH]1. The van der Waals surface area contributed by atoms with E-state index in [0.29, 0.717) is 45.9 Å². The number of carbonyl (C=O) groups excluding carboxylic acids is 3. The van der Waals surface area contributed by atoms with Crippen molar-refractivity contribution in [3.05, 3.63) is 329 Å². The molecule has 0 unspecified atom stereocenters. The lowest BCUT2D eigenvalue weighted by Crippen LogP contribution is -2.29.